The molecule has 32 heavy (non-hydrogen) atoms. The van der Waals surface area contributed by atoms with E-state index in [4.69, 9.17) is 16.6 Å². The molecule has 1 aromatic heterocycles. The van der Waals surface area contributed by atoms with Crippen LogP contribution in [0.15, 0.2) is 58.5 Å². The van der Waals surface area contributed by atoms with Crippen LogP contribution in [0.4, 0.5) is 0 Å². The zero-order chi connectivity index (χ0) is 22.8. The number of nitrogens with zero attached hydrogens (tertiary/aromatic N) is 2. The molecule has 0 fully saturated rings. The van der Waals surface area contributed by atoms with Crippen molar-refractivity contribution < 1.29 is 4.79 Å². The molecule has 1 heterocycles. The number of benzene rings is 2. The molecule has 0 unspecified atom stereocenters. The summed E-state index contributed by atoms with van der Waals surface area (Å²) in [5.41, 5.74) is 1.27. The largest absolute Gasteiger partial charge is 0.356 e. The first kappa shape index (κ1) is 24.3. The predicted octanol–water partition coefficient (Wildman–Crippen LogP) is 6.00. The van der Waals surface area contributed by atoms with Gasteiger partial charge in [0.2, 0.25) is 5.91 Å². The summed E-state index contributed by atoms with van der Waals surface area (Å²) in [5, 5.41) is 4.78. The Bertz CT molecular complexity index is 1100. The summed E-state index contributed by atoms with van der Waals surface area (Å²) in [6, 6.07) is 14.6. The molecule has 0 spiro atoms. The van der Waals surface area contributed by atoms with E-state index in [1.807, 2.05) is 30.3 Å². The number of thioether (sulfide) groups is 1. The molecule has 1 N–H and O–H groups in total. The van der Waals surface area contributed by atoms with Crippen molar-refractivity contribution in [3.63, 3.8) is 0 Å². The van der Waals surface area contributed by atoms with Gasteiger partial charge in [0.05, 0.1) is 16.6 Å². The maximum Gasteiger partial charge on any atom is 0.266 e. The third-order valence-electron chi connectivity index (χ3n) is 5.19. The Balaban J connectivity index is 1.61. The van der Waals surface area contributed by atoms with E-state index in [-0.39, 0.29) is 11.5 Å². The highest BCUT2D eigenvalue weighted by Gasteiger charge is 2.13. The Labute approximate surface area is 198 Å². The lowest BCUT2D eigenvalue weighted by Gasteiger charge is -2.13. The number of hydrogen-bond donors (Lipinski definition) is 1. The Morgan fingerprint density at radius 1 is 1.06 bits per heavy atom. The molecule has 0 aliphatic rings. The summed E-state index contributed by atoms with van der Waals surface area (Å²) >= 11 is 7.71. The Hall–Kier alpha value is -2.31. The highest BCUT2D eigenvalue weighted by atomic mass is 35.5. The standard InChI is InChI=1S/C25H30ClN3O2S/c1-2-3-4-8-16-27-23(30)15-7-9-17-32-25-28-22-14-6-5-13-21(22)24(31)29(25)20-12-10-11-19(26)18-20/h5-6,10-14,18H,2-4,7-9,15-17H2,1H3,(H,27,30). The molecule has 170 valence electrons. The van der Waals surface area contributed by atoms with Crippen LogP contribution in [-0.2, 0) is 4.79 Å². The van der Waals surface area contributed by atoms with Crippen LogP contribution in [0.1, 0.15) is 51.9 Å². The molecule has 5 nitrogen and oxygen atoms in total. The fourth-order valence-electron chi connectivity index (χ4n) is 3.47. The number of carbonyl (C=O) groups excluding carboxylic acids is 1. The molecule has 3 aromatic rings. The molecule has 0 bridgehead atoms. The van der Waals surface area contributed by atoms with Gasteiger partial charge in [-0.05, 0) is 49.6 Å². The van der Waals surface area contributed by atoms with Crippen molar-refractivity contribution in [2.45, 2.75) is 57.0 Å². The van der Waals surface area contributed by atoms with Crippen molar-refractivity contribution in [1.29, 1.82) is 0 Å². The molecule has 0 radical (unpaired) electrons. The van der Waals surface area contributed by atoms with Gasteiger partial charge < -0.3 is 5.32 Å². The van der Waals surface area contributed by atoms with Crippen molar-refractivity contribution in [3.05, 3.63) is 63.9 Å². The monoisotopic (exact) mass is 471 g/mol. The maximum atomic E-state index is 13.2. The van der Waals surface area contributed by atoms with Crippen molar-refractivity contribution >= 4 is 40.2 Å². The number of nitrogens with one attached hydrogen (secondary N) is 1. The van der Waals surface area contributed by atoms with E-state index in [1.165, 1.54) is 31.0 Å². The molecule has 0 saturated carbocycles. The zero-order valence-corrected chi connectivity index (χ0v) is 20.1. The van der Waals surface area contributed by atoms with Gasteiger partial charge in [-0.2, -0.15) is 0 Å². The second-order valence-corrected chi connectivity index (χ2v) is 9.25. The molecule has 0 aliphatic carbocycles. The first-order valence-corrected chi connectivity index (χ1v) is 12.6. The van der Waals surface area contributed by atoms with Crippen LogP contribution in [-0.4, -0.2) is 27.8 Å². The van der Waals surface area contributed by atoms with Gasteiger partial charge in [0.15, 0.2) is 5.16 Å². The number of fused-ring (bicyclic) bond motifs is 1. The summed E-state index contributed by atoms with van der Waals surface area (Å²) < 4.78 is 1.63. The van der Waals surface area contributed by atoms with E-state index < -0.39 is 0 Å². The molecular formula is C25H30ClN3O2S. The third kappa shape index (κ3) is 6.84. The van der Waals surface area contributed by atoms with Gasteiger partial charge in [0.25, 0.3) is 5.56 Å². The van der Waals surface area contributed by atoms with Crippen LogP contribution in [0.25, 0.3) is 16.6 Å². The van der Waals surface area contributed by atoms with Crippen LogP contribution in [0.5, 0.6) is 0 Å². The first-order valence-electron chi connectivity index (χ1n) is 11.3. The highest BCUT2D eigenvalue weighted by Crippen LogP contribution is 2.24. The predicted molar refractivity (Wildman–Crippen MR) is 134 cm³/mol. The SMILES string of the molecule is CCCCCCNC(=O)CCCCSc1nc2ccccc2c(=O)n1-c1cccc(Cl)c1. The van der Waals surface area contributed by atoms with Crippen molar-refractivity contribution in [2.75, 3.05) is 12.3 Å². The Morgan fingerprint density at radius 3 is 2.72 bits per heavy atom. The number of rotatable bonds is 12. The third-order valence-corrected chi connectivity index (χ3v) is 6.45. The van der Waals surface area contributed by atoms with E-state index in [1.54, 1.807) is 22.8 Å². The molecular weight excluding hydrogens is 442 g/mol. The lowest BCUT2D eigenvalue weighted by Crippen LogP contribution is -2.24. The molecule has 1 amide bonds. The second kappa shape index (κ2) is 12.7. The minimum Gasteiger partial charge on any atom is -0.356 e. The van der Waals surface area contributed by atoms with E-state index >= 15 is 0 Å². The summed E-state index contributed by atoms with van der Waals surface area (Å²) in [6.45, 7) is 2.94. The van der Waals surface area contributed by atoms with Gasteiger partial charge in [-0.15, -0.1) is 0 Å². The normalized spacial score (nSPS) is 11.1. The van der Waals surface area contributed by atoms with E-state index in [0.29, 0.717) is 33.2 Å². The van der Waals surface area contributed by atoms with Crippen molar-refractivity contribution in [1.82, 2.24) is 14.9 Å². The number of unbranched alkanes of at least 4 members (excludes halogenated alkanes) is 4. The number of amides is 1. The zero-order valence-electron chi connectivity index (χ0n) is 18.5. The smallest absolute Gasteiger partial charge is 0.266 e. The van der Waals surface area contributed by atoms with Crippen LogP contribution in [0.2, 0.25) is 5.02 Å². The summed E-state index contributed by atoms with van der Waals surface area (Å²) in [5.74, 6) is 0.890. The van der Waals surface area contributed by atoms with Gasteiger partial charge in [-0.3, -0.25) is 14.2 Å². The lowest BCUT2D eigenvalue weighted by molar-refractivity contribution is -0.121. The highest BCUT2D eigenvalue weighted by molar-refractivity contribution is 7.99. The Morgan fingerprint density at radius 2 is 1.91 bits per heavy atom. The fourth-order valence-corrected chi connectivity index (χ4v) is 4.67. The van der Waals surface area contributed by atoms with Crippen LogP contribution in [0, 0.1) is 0 Å². The molecule has 0 saturated heterocycles. The number of carbonyl (C=O) groups is 1. The number of halogens is 1. The van der Waals surface area contributed by atoms with Crippen LogP contribution < -0.4 is 10.9 Å². The lowest BCUT2D eigenvalue weighted by atomic mass is 10.2. The van der Waals surface area contributed by atoms with E-state index in [9.17, 15) is 9.59 Å². The van der Waals surface area contributed by atoms with E-state index in [2.05, 4.69) is 12.2 Å². The number of aromatic nitrogens is 2. The minimum atomic E-state index is -0.109. The Kier molecular flexibility index (Phi) is 9.62. The van der Waals surface area contributed by atoms with Crippen molar-refractivity contribution in [3.8, 4) is 5.69 Å². The van der Waals surface area contributed by atoms with Crippen molar-refractivity contribution in [2.24, 2.45) is 0 Å². The summed E-state index contributed by atoms with van der Waals surface area (Å²) in [7, 11) is 0. The van der Waals surface area contributed by atoms with Gasteiger partial charge in [0, 0.05) is 23.7 Å². The minimum absolute atomic E-state index is 0.109. The van der Waals surface area contributed by atoms with Gasteiger partial charge >= 0.3 is 0 Å². The second-order valence-electron chi connectivity index (χ2n) is 7.75. The molecule has 2 aromatic carbocycles. The van der Waals surface area contributed by atoms with E-state index in [0.717, 1.165) is 31.6 Å². The maximum absolute atomic E-state index is 13.2. The van der Waals surface area contributed by atoms with Gasteiger partial charge in [-0.25, -0.2) is 4.98 Å². The molecule has 0 atom stereocenters. The van der Waals surface area contributed by atoms with Crippen LogP contribution >= 0.6 is 23.4 Å². The first-order chi connectivity index (χ1) is 15.6. The quantitative estimate of drug-likeness (QED) is 0.200. The van der Waals surface area contributed by atoms with Gasteiger partial charge in [0.1, 0.15) is 0 Å². The number of para-hydroxylation sites is 1. The van der Waals surface area contributed by atoms with Gasteiger partial charge in [-0.1, -0.05) is 67.7 Å². The molecule has 0 aliphatic heterocycles. The molecule has 3 rings (SSSR count). The fraction of sp³-hybridized carbons (Fsp3) is 0.400. The topological polar surface area (TPSA) is 64.0 Å². The molecule has 7 heteroatoms. The summed E-state index contributed by atoms with van der Waals surface area (Å²) in [6.07, 6.45) is 6.83. The average molecular weight is 472 g/mol. The van der Waals surface area contributed by atoms with Crippen LogP contribution in [0.3, 0.4) is 0 Å². The average Bonchev–Trinajstić information content (AvgIpc) is 2.79. The number of hydrogen-bond acceptors (Lipinski definition) is 4. The summed E-state index contributed by atoms with van der Waals surface area (Å²) in [4.78, 5) is 29.9.